The molecule has 1 aliphatic carbocycles. The molecule has 4 rings (SSSR count). The van der Waals surface area contributed by atoms with Gasteiger partial charge in [-0.05, 0) is 43.0 Å². The van der Waals surface area contributed by atoms with E-state index in [-0.39, 0.29) is 36.3 Å². The molecule has 0 saturated heterocycles. The van der Waals surface area contributed by atoms with Crippen molar-refractivity contribution in [1.29, 1.82) is 0 Å². The fourth-order valence-electron chi connectivity index (χ4n) is 3.96. The van der Waals surface area contributed by atoms with Gasteiger partial charge in [0.15, 0.2) is 11.7 Å². The maximum Gasteiger partial charge on any atom is 0.449 e. The van der Waals surface area contributed by atoms with Crippen LogP contribution in [0.1, 0.15) is 61.0 Å². The summed E-state index contributed by atoms with van der Waals surface area (Å²) in [6, 6.07) is 11.7. The van der Waals surface area contributed by atoms with E-state index in [1.165, 1.54) is 16.8 Å². The van der Waals surface area contributed by atoms with Gasteiger partial charge in [-0.2, -0.15) is 13.2 Å². The SMILES string of the molecule is CC(=O)C(F)(F)F.CCCCOC(=O)c1cc(N)cc(-c2cnc(NC3CC3)c(=O)n2CC(=O)NCc2ccc(/C(N)=N\O)cc2)c1. The number of amidine groups is 1. The van der Waals surface area contributed by atoms with Gasteiger partial charge in [-0.15, -0.1) is 0 Å². The normalized spacial score (nSPS) is 12.8. The van der Waals surface area contributed by atoms with Gasteiger partial charge in [-0.25, -0.2) is 9.78 Å². The number of oxime groups is 1. The van der Waals surface area contributed by atoms with Crippen molar-refractivity contribution < 1.29 is 37.5 Å². The molecule has 0 aliphatic heterocycles. The van der Waals surface area contributed by atoms with Gasteiger partial charge < -0.3 is 32.0 Å². The van der Waals surface area contributed by atoms with E-state index in [1.54, 1.807) is 36.4 Å². The molecule has 2 aromatic carbocycles. The Bertz CT molecular complexity index is 1670. The number of anilines is 2. The lowest BCUT2D eigenvalue weighted by Gasteiger charge is -2.16. The predicted molar refractivity (Wildman–Crippen MR) is 168 cm³/mol. The first-order chi connectivity index (χ1) is 22.2. The van der Waals surface area contributed by atoms with Gasteiger partial charge in [-0.1, -0.05) is 42.8 Å². The van der Waals surface area contributed by atoms with E-state index in [0.717, 1.165) is 31.2 Å². The summed E-state index contributed by atoms with van der Waals surface area (Å²) in [7, 11) is 0. The van der Waals surface area contributed by atoms with Crippen molar-refractivity contribution in [3.8, 4) is 11.3 Å². The highest BCUT2D eigenvalue weighted by Crippen LogP contribution is 2.26. The summed E-state index contributed by atoms with van der Waals surface area (Å²) in [5.41, 5.74) is 13.9. The van der Waals surface area contributed by atoms with Crippen molar-refractivity contribution in [3.63, 3.8) is 0 Å². The number of nitrogens with one attached hydrogen (secondary N) is 2. The number of rotatable bonds is 12. The average Bonchev–Trinajstić information content (AvgIpc) is 3.85. The molecule has 3 aromatic rings. The second kappa shape index (κ2) is 16.2. The number of nitrogens with zero attached hydrogens (tertiary/aromatic N) is 3. The number of amides is 1. The molecule has 1 aliphatic rings. The zero-order valence-corrected chi connectivity index (χ0v) is 25.8. The van der Waals surface area contributed by atoms with E-state index in [9.17, 15) is 32.3 Å². The number of aromatic nitrogens is 2. The summed E-state index contributed by atoms with van der Waals surface area (Å²) < 4.78 is 39.1. The third-order valence-electron chi connectivity index (χ3n) is 6.74. The molecule has 1 heterocycles. The third-order valence-corrected chi connectivity index (χ3v) is 6.74. The number of unbranched alkanes of at least 4 members (excludes halogenated alkanes) is 1. The summed E-state index contributed by atoms with van der Waals surface area (Å²) >= 11 is 0. The molecule has 1 aromatic heterocycles. The van der Waals surface area contributed by atoms with E-state index < -0.39 is 29.4 Å². The highest BCUT2D eigenvalue weighted by molar-refractivity contribution is 5.97. The minimum atomic E-state index is -4.64. The Labute approximate surface area is 267 Å². The van der Waals surface area contributed by atoms with Gasteiger partial charge in [0.2, 0.25) is 11.7 Å². The van der Waals surface area contributed by atoms with Crippen LogP contribution >= 0.6 is 0 Å². The fourth-order valence-corrected chi connectivity index (χ4v) is 3.96. The molecule has 0 atom stereocenters. The molecule has 252 valence electrons. The van der Waals surface area contributed by atoms with Crippen LogP contribution in [0, 0.1) is 0 Å². The Kier molecular flexibility index (Phi) is 12.5. The molecule has 13 nitrogen and oxygen atoms in total. The first kappa shape index (κ1) is 36.1. The zero-order chi connectivity index (χ0) is 34.7. The number of ketones is 1. The Morgan fingerprint density at radius 3 is 2.36 bits per heavy atom. The fraction of sp³-hybridized carbons (Fsp3) is 0.355. The van der Waals surface area contributed by atoms with Crippen molar-refractivity contribution in [2.24, 2.45) is 10.9 Å². The summed E-state index contributed by atoms with van der Waals surface area (Å²) in [6.07, 6.45) is 0.360. The monoisotopic (exact) mass is 659 g/mol. The third kappa shape index (κ3) is 10.9. The molecule has 0 spiro atoms. The van der Waals surface area contributed by atoms with Crippen LogP contribution in [-0.2, 0) is 27.4 Å². The standard InChI is InChI=1S/C28H33N7O5.C3H3F3O/c1-2-3-10-40-28(38)20-11-19(12-21(29)13-20)23-15-32-26(33-22-8-9-22)27(37)35(23)16-24(36)31-14-17-4-6-18(7-5-17)25(30)34-39;1-2(7)3(4,5)6/h4-7,11-13,15,22,39H,2-3,8-10,14,16,29H2,1H3,(H2,30,34)(H,31,36)(H,32,33);1H3. The number of esters is 1. The van der Waals surface area contributed by atoms with Crippen LogP contribution in [0.3, 0.4) is 0 Å². The summed E-state index contributed by atoms with van der Waals surface area (Å²) in [5, 5.41) is 17.7. The topological polar surface area (TPSA) is 204 Å². The number of nitrogen functional groups attached to an aromatic ring is 1. The van der Waals surface area contributed by atoms with E-state index in [4.69, 9.17) is 21.4 Å². The van der Waals surface area contributed by atoms with E-state index >= 15 is 0 Å². The summed E-state index contributed by atoms with van der Waals surface area (Å²) in [6.45, 7) is 2.68. The number of nitrogens with two attached hydrogens (primary N) is 2. The van der Waals surface area contributed by atoms with Gasteiger partial charge in [-0.3, -0.25) is 19.0 Å². The van der Waals surface area contributed by atoms with E-state index in [1.807, 2.05) is 6.92 Å². The second-order valence-corrected chi connectivity index (χ2v) is 10.6. The van der Waals surface area contributed by atoms with Crippen LogP contribution in [0.15, 0.2) is 58.6 Å². The molecule has 7 N–H and O–H groups in total. The van der Waals surface area contributed by atoms with Crippen LogP contribution in [0.25, 0.3) is 11.3 Å². The molecule has 16 heteroatoms. The number of hydrogen-bond donors (Lipinski definition) is 5. The molecule has 1 fully saturated rings. The number of hydrogen-bond acceptors (Lipinski definition) is 10. The van der Waals surface area contributed by atoms with Gasteiger partial charge >= 0.3 is 12.1 Å². The quantitative estimate of drug-likeness (QED) is 0.0364. The van der Waals surface area contributed by atoms with Gasteiger partial charge in [0, 0.05) is 36.3 Å². The number of ether oxygens (including phenoxy) is 1. The van der Waals surface area contributed by atoms with Gasteiger partial charge in [0.1, 0.15) is 6.54 Å². The molecule has 1 saturated carbocycles. The molecular weight excluding hydrogens is 623 g/mol. The van der Waals surface area contributed by atoms with Crippen molar-refractivity contribution in [2.75, 3.05) is 17.7 Å². The van der Waals surface area contributed by atoms with Crippen LogP contribution in [0.2, 0.25) is 0 Å². The van der Waals surface area contributed by atoms with Crippen LogP contribution in [0.4, 0.5) is 24.7 Å². The largest absolute Gasteiger partial charge is 0.462 e. The number of benzene rings is 2. The molecule has 1 amide bonds. The number of carbonyl (C=O) groups excluding carboxylic acids is 3. The maximum absolute atomic E-state index is 13.4. The minimum Gasteiger partial charge on any atom is -0.462 e. The average molecular weight is 660 g/mol. The highest BCUT2D eigenvalue weighted by atomic mass is 19.4. The Morgan fingerprint density at radius 1 is 1.13 bits per heavy atom. The number of alkyl halides is 3. The lowest BCUT2D eigenvalue weighted by molar-refractivity contribution is -0.168. The second-order valence-electron chi connectivity index (χ2n) is 10.6. The van der Waals surface area contributed by atoms with Crippen LogP contribution in [-0.4, -0.2) is 57.1 Å². The predicted octanol–water partition coefficient (Wildman–Crippen LogP) is 3.57. The Morgan fingerprint density at radius 2 is 1.79 bits per heavy atom. The molecule has 0 radical (unpaired) electrons. The van der Waals surface area contributed by atoms with Crippen molar-refractivity contribution >= 4 is 35.0 Å². The number of carbonyl (C=O) groups is 3. The van der Waals surface area contributed by atoms with Crippen molar-refractivity contribution in [3.05, 3.63) is 75.7 Å². The smallest absolute Gasteiger partial charge is 0.449 e. The lowest BCUT2D eigenvalue weighted by atomic mass is 10.1. The first-order valence-electron chi connectivity index (χ1n) is 14.6. The Hall–Kier alpha value is -5.41. The molecule has 0 unspecified atom stereocenters. The summed E-state index contributed by atoms with van der Waals surface area (Å²) in [4.78, 5) is 52.7. The van der Waals surface area contributed by atoms with Crippen LogP contribution < -0.4 is 27.7 Å². The number of Topliss-reactive ketones (excluding diaryl/α,β-unsaturated/α-hetero) is 1. The van der Waals surface area contributed by atoms with Gasteiger partial charge in [0.05, 0.1) is 24.1 Å². The maximum atomic E-state index is 13.4. The molecule has 0 bridgehead atoms. The van der Waals surface area contributed by atoms with Gasteiger partial charge in [0.25, 0.3) is 5.56 Å². The van der Waals surface area contributed by atoms with Crippen molar-refractivity contribution in [2.45, 2.75) is 64.8 Å². The Balaban J connectivity index is 0.000000771. The lowest BCUT2D eigenvalue weighted by Crippen LogP contribution is -2.34. The molecule has 47 heavy (non-hydrogen) atoms. The summed E-state index contributed by atoms with van der Waals surface area (Å²) in [5.74, 6) is -2.55. The zero-order valence-electron chi connectivity index (χ0n) is 25.8. The highest BCUT2D eigenvalue weighted by Gasteiger charge is 2.33. The minimum absolute atomic E-state index is 0.0188. The molecular formula is C31H36F3N7O6. The first-order valence-corrected chi connectivity index (χ1v) is 14.6. The van der Waals surface area contributed by atoms with E-state index in [0.29, 0.717) is 36.0 Å². The van der Waals surface area contributed by atoms with Crippen molar-refractivity contribution in [1.82, 2.24) is 14.9 Å². The van der Waals surface area contributed by atoms with Crippen LogP contribution in [0.5, 0.6) is 0 Å². The van der Waals surface area contributed by atoms with E-state index in [2.05, 4.69) is 20.8 Å². The number of halogens is 3.